The fraction of sp³-hybridized carbons (Fsp3) is 0.923. The van der Waals surface area contributed by atoms with E-state index >= 15 is 0 Å². The molecule has 0 radical (unpaired) electrons. The summed E-state index contributed by atoms with van der Waals surface area (Å²) in [6.45, 7) is 9.16. The minimum atomic E-state index is -4.11. The average Bonchev–Trinajstić information content (AvgIpc) is 2.35. The van der Waals surface area contributed by atoms with Crippen LogP contribution >= 0.6 is 7.60 Å². The molecule has 0 aliphatic heterocycles. The Labute approximate surface area is 124 Å². The van der Waals surface area contributed by atoms with Gasteiger partial charge in [-0.2, -0.15) is 0 Å². The van der Waals surface area contributed by atoms with Crippen LogP contribution in [0.2, 0.25) is 19.1 Å². The molecule has 1 unspecified atom stereocenters. The summed E-state index contributed by atoms with van der Waals surface area (Å²) in [5, 5.41) is 0. The van der Waals surface area contributed by atoms with E-state index in [0.29, 0.717) is 12.6 Å². The van der Waals surface area contributed by atoms with Gasteiger partial charge in [-0.15, -0.1) is 0 Å². The van der Waals surface area contributed by atoms with Crippen LogP contribution in [0.3, 0.4) is 0 Å². The molecular weight excluding hydrogens is 293 g/mol. The lowest BCUT2D eigenvalue weighted by molar-refractivity contribution is -0.113. The number of carbonyl (C=O) groups is 1. The number of carbonyl (C=O) groups excluding carboxylic acids is 1. The molecule has 0 aromatic rings. The molecule has 1 atom stereocenters. The summed E-state index contributed by atoms with van der Waals surface area (Å²) in [5.74, 6) is 0. The third-order valence-corrected chi connectivity index (χ3v) is 8.91. The Balaban J connectivity index is 4.22. The Morgan fingerprint density at radius 1 is 1.25 bits per heavy atom. The highest BCUT2D eigenvalue weighted by atomic mass is 31.2. The summed E-state index contributed by atoms with van der Waals surface area (Å²) in [6.07, 6.45) is 3.48. The minimum absolute atomic E-state index is 0.0740. The molecule has 0 heterocycles. The predicted octanol–water partition coefficient (Wildman–Crippen LogP) is 3.45. The summed E-state index contributed by atoms with van der Waals surface area (Å²) in [6, 6.07) is 0.710. The van der Waals surface area contributed by atoms with E-state index in [1.165, 1.54) is 0 Å². The Kier molecular flexibility index (Phi) is 9.10. The number of nitrogens with zero attached hydrogens (tertiary/aromatic N) is 1. The van der Waals surface area contributed by atoms with E-state index < -0.39 is 21.4 Å². The van der Waals surface area contributed by atoms with E-state index in [9.17, 15) is 14.3 Å². The molecule has 0 saturated carbocycles. The van der Waals surface area contributed by atoms with Crippen LogP contribution in [0, 0.1) is 0 Å². The first kappa shape index (κ1) is 20.0. The molecule has 0 aliphatic rings. The van der Waals surface area contributed by atoms with Gasteiger partial charge in [-0.1, -0.05) is 26.7 Å². The second-order valence-corrected chi connectivity index (χ2v) is 12.4. The summed E-state index contributed by atoms with van der Waals surface area (Å²) in [7, 11) is -4.39. The van der Waals surface area contributed by atoms with E-state index in [0.717, 1.165) is 25.8 Å². The molecule has 0 saturated heterocycles. The summed E-state index contributed by atoms with van der Waals surface area (Å²) < 4.78 is 17.2. The first-order chi connectivity index (χ1) is 9.14. The summed E-state index contributed by atoms with van der Waals surface area (Å²) in [4.78, 5) is 23.7. The molecule has 20 heavy (non-hydrogen) atoms. The summed E-state index contributed by atoms with van der Waals surface area (Å²) in [5.41, 5.74) is -0.658. The Morgan fingerprint density at radius 2 is 1.85 bits per heavy atom. The number of unbranched alkanes of at least 4 members (excludes halogenated alkanes) is 2. The first-order valence-corrected chi connectivity index (χ1v) is 12.1. The molecule has 0 rings (SSSR count). The van der Waals surface area contributed by atoms with Gasteiger partial charge in [0.05, 0.1) is 0 Å². The van der Waals surface area contributed by atoms with E-state index in [1.54, 1.807) is 0 Å². The fourth-order valence-corrected chi connectivity index (χ4v) is 5.61. The fourth-order valence-electron chi connectivity index (χ4n) is 1.62. The van der Waals surface area contributed by atoms with E-state index in [-0.39, 0.29) is 6.42 Å². The van der Waals surface area contributed by atoms with Gasteiger partial charge in [0.1, 0.15) is 0 Å². The van der Waals surface area contributed by atoms with Gasteiger partial charge >= 0.3 is 7.60 Å². The molecule has 0 fully saturated rings. The molecule has 0 amide bonds. The SMILES string of the molecule is CCCCCN(C)CCC(=O)P(=O)(O)O[Si](C)(C)CC. The van der Waals surface area contributed by atoms with Crippen LogP contribution in [0.25, 0.3) is 0 Å². The minimum Gasteiger partial charge on any atom is -0.346 e. The second-order valence-electron chi connectivity index (χ2n) is 5.88. The van der Waals surface area contributed by atoms with Gasteiger partial charge in [0.25, 0.3) is 0 Å². The van der Waals surface area contributed by atoms with Gasteiger partial charge < -0.3 is 14.0 Å². The molecule has 0 aromatic carbocycles. The van der Waals surface area contributed by atoms with Gasteiger partial charge in [0.15, 0.2) is 8.32 Å². The van der Waals surface area contributed by atoms with Crippen molar-refractivity contribution in [3.63, 3.8) is 0 Å². The largest absolute Gasteiger partial charge is 0.384 e. The smallest absolute Gasteiger partial charge is 0.346 e. The van der Waals surface area contributed by atoms with Crippen LogP contribution < -0.4 is 0 Å². The number of hydrogen-bond donors (Lipinski definition) is 1. The third-order valence-electron chi connectivity index (χ3n) is 3.39. The zero-order chi connectivity index (χ0) is 15.8. The highest BCUT2D eigenvalue weighted by molar-refractivity contribution is 7.72. The lowest BCUT2D eigenvalue weighted by atomic mass is 10.2. The van der Waals surface area contributed by atoms with Crippen molar-refractivity contribution < 1.29 is 18.5 Å². The van der Waals surface area contributed by atoms with Crippen molar-refractivity contribution in [2.24, 2.45) is 0 Å². The molecule has 0 aromatic heterocycles. The highest BCUT2D eigenvalue weighted by Gasteiger charge is 2.37. The second kappa shape index (κ2) is 9.10. The molecule has 120 valence electrons. The van der Waals surface area contributed by atoms with Gasteiger partial charge in [-0.05, 0) is 39.2 Å². The van der Waals surface area contributed by atoms with Crippen molar-refractivity contribution in [1.82, 2.24) is 4.90 Å². The van der Waals surface area contributed by atoms with Gasteiger partial charge in [-0.3, -0.25) is 9.36 Å². The molecule has 5 nitrogen and oxygen atoms in total. The van der Waals surface area contributed by atoms with Crippen molar-refractivity contribution in [2.45, 2.75) is 58.7 Å². The molecule has 1 N–H and O–H groups in total. The Bertz CT molecular complexity index is 349. The van der Waals surface area contributed by atoms with Crippen molar-refractivity contribution >= 4 is 21.4 Å². The molecule has 0 spiro atoms. The van der Waals surface area contributed by atoms with Crippen LogP contribution in [0.15, 0.2) is 0 Å². The molecule has 0 bridgehead atoms. The first-order valence-electron chi connectivity index (χ1n) is 7.40. The van der Waals surface area contributed by atoms with E-state index in [4.69, 9.17) is 4.21 Å². The van der Waals surface area contributed by atoms with Gasteiger partial charge in [-0.25, -0.2) is 0 Å². The number of hydrogen-bond acceptors (Lipinski definition) is 4. The van der Waals surface area contributed by atoms with Crippen molar-refractivity contribution in [2.75, 3.05) is 20.1 Å². The van der Waals surface area contributed by atoms with Crippen LogP contribution in [0.1, 0.15) is 39.5 Å². The maximum absolute atomic E-state index is 12.0. The molecular formula is C13H30NO4PSi. The van der Waals surface area contributed by atoms with Crippen LogP contribution in [-0.4, -0.2) is 43.8 Å². The van der Waals surface area contributed by atoms with Gasteiger partial charge in [0.2, 0.25) is 5.52 Å². The third kappa shape index (κ3) is 8.32. The maximum atomic E-state index is 12.0. The van der Waals surface area contributed by atoms with Crippen LogP contribution in [0.5, 0.6) is 0 Å². The Morgan fingerprint density at radius 3 is 2.35 bits per heavy atom. The molecule has 7 heteroatoms. The average molecular weight is 323 g/mol. The van der Waals surface area contributed by atoms with Crippen molar-refractivity contribution in [3.8, 4) is 0 Å². The van der Waals surface area contributed by atoms with Crippen molar-refractivity contribution in [3.05, 3.63) is 0 Å². The van der Waals surface area contributed by atoms with Crippen LogP contribution in [0.4, 0.5) is 0 Å². The summed E-state index contributed by atoms with van der Waals surface area (Å²) >= 11 is 0. The van der Waals surface area contributed by atoms with E-state index in [2.05, 4.69) is 6.92 Å². The zero-order valence-electron chi connectivity index (χ0n) is 13.5. The quantitative estimate of drug-likeness (QED) is 0.358. The predicted molar refractivity (Wildman–Crippen MR) is 85.5 cm³/mol. The Hall–Kier alpha value is -0.00312. The molecule has 0 aliphatic carbocycles. The van der Waals surface area contributed by atoms with Crippen LogP contribution in [-0.2, 0) is 13.6 Å². The topological polar surface area (TPSA) is 66.8 Å². The highest BCUT2D eigenvalue weighted by Crippen LogP contribution is 2.47. The normalized spacial score (nSPS) is 15.3. The van der Waals surface area contributed by atoms with E-state index in [1.807, 2.05) is 32.0 Å². The maximum Gasteiger partial charge on any atom is 0.384 e. The van der Waals surface area contributed by atoms with Gasteiger partial charge in [0, 0.05) is 13.0 Å². The van der Waals surface area contributed by atoms with Crippen molar-refractivity contribution in [1.29, 1.82) is 0 Å². The lowest BCUT2D eigenvalue weighted by Crippen LogP contribution is -2.29. The monoisotopic (exact) mass is 323 g/mol. The zero-order valence-corrected chi connectivity index (χ0v) is 15.4. The number of rotatable bonds is 11. The lowest BCUT2D eigenvalue weighted by Gasteiger charge is -2.24. The standard InChI is InChI=1S/C13H30NO4PSi/c1-6-8-9-11-14(3)12-10-13(15)19(16,17)18-20(4,5)7-2/h6-12H2,1-5H3,(H,16,17).